The first-order valence-corrected chi connectivity index (χ1v) is 8.22. The second-order valence-electron chi connectivity index (χ2n) is 7.36. The molecule has 4 fully saturated rings. The monoisotopic (exact) mass is 271 g/mol. The first-order valence-electron chi connectivity index (χ1n) is 8.22. The zero-order valence-electron chi connectivity index (χ0n) is 12.0. The van der Waals surface area contributed by atoms with Crippen molar-refractivity contribution in [3.63, 3.8) is 0 Å². The lowest BCUT2D eigenvalue weighted by molar-refractivity contribution is -0.0910. The van der Waals surface area contributed by atoms with Gasteiger partial charge in [0.1, 0.15) is 0 Å². The predicted octanol–water partition coefficient (Wildman–Crippen LogP) is 3.25. The molecule has 108 valence electrons. The van der Waals surface area contributed by atoms with Gasteiger partial charge in [-0.1, -0.05) is 24.3 Å². The van der Waals surface area contributed by atoms with Gasteiger partial charge in [0.05, 0.1) is 6.10 Å². The smallest absolute Gasteiger partial charge is 0.0826 e. The van der Waals surface area contributed by atoms with Gasteiger partial charge in [0.25, 0.3) is 0 Å². The highest BCUT2D eigenvalue weighted by Gasteiger charge is 2.50. The second kappa shape index (κ2) is 4.85. The molecule has 5 rings (SSSR count). The summed E-state index contributed by atoms with van der Waals surface area (Å²) in [5, 5.41) is 11.0. The van der Waals surface area contributed by atoms with Crippen LogP contribution in [0.3, 0.4) is 0 Å². The molecule has 4 saturated carbocycles. The van der Waals surface area contributed by atoms with Crippen molar-refractivity contribution in [1.29, 1.82) is 0 Å². The van der Waals surface area contributed by atoms with Crippen LogP contribution in [0.2, 0.25) is 0 Å². The van der Waals surface area contributed by atoms with Crippen LogP contribution in [-0.2, 0) is 6.54 Å². The van der Waals surface area contributed by atoms with E-state index < -0.39 is 0 Å². The van der Waals surface area contributed by atoms with Crippen molar-refractivity contribution in [2.45, 2.75) is 44.8 Å². The van der Waals surface area contributed by atoms with Crippen LogP contribution < -0.4 is 5.73 Å². The minimum absolute atomic E-state index is 0.301. The van der Waals surface area contributed by atoms with E-state index in [-0.39, 0.29) is 6.10 Å². The molecule has 0 saturated heterocycles. The van der Waals surface area contributed by atoms with Gasteiger partial charge in [-0.25, -0.2) is 0 Å². The first kappa shape index (κ1) is 12.8. The third-order valence-corrected chi connectivity index (χ3v) is 6.26. The normalized spacial score (nSPS) is 40.0. The van der Waals surface area contributed by atoms with Crippen LogP contribution >= 0.6 is 0 Å². The summed E-state index contributed by atoms with van der Waals surface area (Å²) in [6.45, 7) is 0.528. The summed E-state index contributed by atoms with van der Waals surface area (Å²) in [5.41, 5.74) is 8.06. The molecule has 0 aliphatic heterocycles. The van der Waals surface area contributed by atoms with Crippen molar-refractivity contribution in [2.75, 3.05) is 0 Å². The molecule has 0 radical (unpaired) electrons. The standard InChI is InChI=1S/C18H25NO/c19-10-13-3-1-2-4-16(13)18(20)17-14-6-11-5-12(8-14)9-15(17)7-11/h1-4,11-12,14-15,17-18,20H,5-10,19H2. The number of hydrogen-bond acceptors (Lipinski definition) is 2. The molecule has 0 heterocycles. The van der Waals surface area contributed by atoms with Gasteiger partial charge in [0, 0.05) is 6.54 Å². The van der Waals surface area contributed by atoms with Crippen molar-refractivity contribution in [3.8, 4) is 0 Å². The topological polar surface area (TPSA) is 46.2 Å². The molecule has 0 amide bonds. The molecule has 1 aromatic carbocycles. The lowest BCUT2D eigenvalue weighted by Crippen LogP contribution is -2.47. The van der Waals surface area contributed by atoms with E-state index in [1.165, 1.54) is 32.1 Å². The Balaban J connectivity index is 1.64. The molecule has 4 aliphatic carbocycles. The Kier molecular flexibility index (Phi) is 3.12. The van der Waals surface area contributed by atoms with E-state index in [9.17, 15) is 5.11 Å². The number of nitrogens with two attached hydrogens (primary N) is 1. The van der Waals surface area contributed by atoms with Crippen LogP contribution in [0.25, 0.3) is 0 Å². The predicted molar refractivity (Wildman–Crippen MR) is 79.8 cm³/mol. The largest absolute Gasteiger partial charge is 0.388 e. The highest BCUT2D eigenvalue weighted by atomic mass is 16.3. The van der Waals surface area contributed by atoms with Crippen molar-refractivity contribution in [1.82, 2.24) is 0 Å². The molecule has 20 heavy (non-hydrogen) atoms. The quantitative estimate of drug-likeness (QED) is 0.886. The summed E-state index contributed by atoms with van der Waals surface area (Å²) in [6.07, 6.45) is 6.61. The number of rotatable bonds is 3. The van der Waals surface area contributed by atoms with E-state index in [0.717, 1.165) is 34.8 Å². The maximum atomic E-state index is 11.0. The molecule has 4 aliphatic rings. The maximum Gasteiger partial charge on any atom is 0.0826 e. The van der Waals surface area contributed by atoms with Crippen LogP contribution in [0.5, 0.6) is 0 Å². The minimum atomic E-state index is -0.301. The summed E-state index contributed by atoms with van der Waals surface area (Å²) >= 11 is 0. The van der Waals surface area contributed by atoms with E-state index in [1.807, 2.05) is 12.1 Å². The van der Waals surface area contributed by atoms with E-state index in [2.05, 4.69) is 12.1 Å². The van der Waals surface area contributed by atoms with Crippen molar-refractivity contribution in [3.05, 3.63) is 35.4 Å². The summed E-state index contributed by atoms with van der Waals surface area (Å²) in [5.74, 6) is 3.92. The van der Waals surface area contributed by atoms with Crippen LogP contribution in [0.4, 0.5) is 0 Å². The van der Waals surface area contributed by atoms with Crippen molar-refractivity contribution >= 4 is 0 Å². The number of hydrogen-bond donors (Lipinski definition) is 2. The van der Waals surface area contributed by atoms with Gasteiger partial charge >= 0.3 is 0 Å². The van der Waals surface area contributed by atoms with Gasteiger partial charge in [0.15, 0.2) is 0 Å². The summed E-state index contributed by atoms with van der Waals surface area (Å²) in [4.78, 5) is 0. The average Bonchev–Trinajstić information content (AvgIpc) is 2.46. The molecule has 1 atom stereocenters. The zero-order valence-corrected chi connectivity index (χ0v) is 12.0. The maximum absolute atomic E-state index is 11.0. The molecular weight excluding hydrogens is 246 g/mol. The highest BCUT2D eigenvalue weighted by molar-refractivity contribution is 5.30. The van der Waals surface area contributed by atoms with Crippen LogP contribution in [-0.4, -0.2) is 5.11 Å². The lowest BCUT2D eigenvalue weighted by atomic mass is 9.50. The lowest BCUT2D eigenvalue weighted by Gasteiger charge is -2.55. The molecule has 1 unspecified atom stereocenters. The third-order valence-electron chi connectivity index (χ3n) is 6.26. The van der Waals surface area contributed by atoms with Gasteiger partial charge in [-0.3, -0.25) is 0 Å². The molecule has 2 nitrogen and oxygen atoms in total. The van der Waals surface area contributed by atoms with Crippen LogP contribution in [0.1, 0.15) is 49.3 Å². The summed E-state index contributed by atoms with van der Waals surface area (Å²) in [7, 11) is 0. The van der Waals surface area contributed by atoms with Gasteiger partial charge in [-0.15, -0.1) is 0 Å². The van der Waals surface area contributed by atoms with Crippen molar-refractivity contribution < 1.29 is 5.11 Å². The van der Waals surface area contributed by atoms with Gasteiger partial charge in [0.2, 0.25) is 0 Å². The number of aliphatic hydroxyl groups is 1. The SMILES string of the molecule is NCc1ccccc1C(O)C1C2CC3CC(C2)CC1C3. The minimum Gasteiger partial charge on any atom is -0.388 e. The second-order valence-corrected chi connectivity index (χ2v) is 7.36. The fraction of sp³-hybridized carbons (Fsp3) is 0.667. The van der Waals surface area contributed by atoms with Crippen LogP contribution in [0, 0.1) is 29.6 Å². The Labute approximate surface area is 121 Å². The first-order chi connectivity index (χ1) is 9.76. The number of aliphatic hydroxyl groups excluding tert-OH is 1. The Morgan fingerprint density at radius 2 is 1.60 bits per heavy atom. The summed E-state index contributed by atoms with van der Waals surface area (Å²) in [6, 6.07) is 8.20. The van der Waals surface area contributed by atoms with E-state index >= 15 is 0 Å². The molecular formula is C18H25NO. The molecule has 3 N–H and O–H groups in total. The summed E-state index contributed by atoms with van der Waals surface area (Å²) < 4.78 is 0. The highest BCUT2D eigenvalue weighted by Crippen LogP contribution is 2.59. The molecule has 0 spiro atoms. The fourth-order valence-electron chi connectivity index (χ4n) is 5.70. The van der Waals surface area contributed by atoms with E-state index in [0.29, 0.717) is 12.5 Å². The third kappa shape index (κ3) is 1.93. The van der Waals surface area contributed by atoms with Crippen molar-refractivity contribution in [2.24, 2.45) is 35.3 Å². The Morgan fingerprint density at radius 3 is 2.20 bits per heavy atom. The van der Waals surface area contributed by atoms with Gasteiger partial charge in [-0.2, -0.15) is 0 Å². The molecule has 1 aromatic rings. The Hall–Kier alpha value is -0.860. The van der Waals surface area contributed by atoms with E-state index in [1.54, 1.807) is 0 Å². The average molecular weight is 271 g/mol. The Morgan fingerprint density at radius 1 is 1.00 bits per heavy atom. The molecule has 0 aromatic heterocycles. The number of benzene rings is 1. The Bertz CT molecular complexity index is 470. The molecule has 4 bridgehead atoms. The fourth-order valence-corrected chi connectivity index (χ4v) is 5.70. The van der Waals surface area contributed by atoms with Gasteiger partial charge in [-0.05, 0) is 72.8 Å². The van der Waals surface area contributed by atoms with Gasteiger partial charge < -0.3 is 10.8 Å². The van der Waals surface area contributed by atoms with E-state index in [4.69, 9.17) is 5.73 Å². The molecule has 2 heteroatoms. The zero-order chi connectivity index (χ0) is 13.7. The van der Waals surface area contributed by atoms with Crippen LogP contribution in [0.15, 0.2) is 24.3 Å².